The molecule has 0 fully saturated rings. The molecule has 0 aliphatic carbocycles. The topological polar surface area (TPSA) is 38.7 Å². The van der Waals surface area contributed by atoms with Crippen LogP contribution in [0.2, 0.25) is 0 Å². The van der Waals surface area contributed by atoms with Crippen molar-refractivity contribution in [1.29, 1.82) is 0 Å². The number of nitrogens with zero attached hydrogens (tertiary/aromatic N) is 3. The molecule has 0 atom stereocenters. The van der Waals surface area contributed by atoms with Crippen molar-refractivity contribution in [1.82, 2.24) is 14.0 Å². The summed E-state index contributed by atoms with van der Waals surface area (Å²) in [7, 11) is 0. The van der Waals surface area contributed by atoms with Gasteiger partial charge in [-0.3, -0.25) is 0 Å². The molecule has 0 spiro atoms. The van der Waals surface area contributed by atoms with Gasteiger partial charge in [0, 0.05) is 6.92 Å². The van der Waals surface area contributed by atoms with E-state index >= 15 is 0 Å². The second-order valence-corrected chi connectivity index (χ2v) is 1.28. The van der Waals surface area contributed by atoms with E-state index in [1.54, 1.807) is 0 Å². The van der Waals surface area contributed by atoms with Gasteiger partial charge in [0.05, 0.1) is 11.7 Å². The van der Waals surface area contributed by atoms with Crippen LogP contribution in [-0.2, 0) is 0 Å². The van der Waals surface area contributed by atoms with Crippen LogP contribution in [0.1, 0.15) is 5.82 Å². The van der Waals surface area contributed by atoms with E-state index < -0.39 is 0 Å². The zero-order chi connectivity index (χ0) is 4.41. The number of hydrogen-bond donors (Lipinski definition) is 0. The molecule has 0 unspecified atom stereocenters. The summed E-state index contributed by atoms with van der Waals surface area (Å²) in [6.07, 6.45) is 0. The van der Waals surface area contributed by atoms with Crippen molar-refractivity contribution >= 4 is 11.7 Å². The van der Waals surface area contributed by atoms with Gasteiger partial charge in [-0.05, 0) is 0 Å². The molecule has 1 rings (SSSR count). The van der Waals surface area contributed by atoms with Crippen LogP contribution >= 0.6 is 11.7 Å². The minimum atomic E-state index is 0.500. The highest BCUT2D eigenvalue weighted by molar-refractivity contribution is 6.98. The highest BCUT2D eigenvalue weighted by atomic mass is 32.1. The second-order valence-electron chi connectivity index (χ2n) is 0.771. The van der Waals surface area contributed by atoms with Crippen molar-refractivity contribution in [2.75, 3.05) is 0 Å². The Balaban J connectivity index is 3.05. The van der Waals surface area contributed by atoms with Crippen molar-refractivity contribution in [3.05, 3.63) is 12.7 Å². The largest absolute Gasteiger partial charge is 0.166 e. The predicted molar refractivity (Wildman–Crippen MR) is 22.2 cm³/mol. The number of aromatic nitrogens is 3. The molecule has 0 bridgehead atoms. The smallest absolute Gasteiger partial charge is 0.156 e. The summed E-state index contributed by atoms with van der Waals surface area (Å²) < 4.78 is 7.06. The first-order valence-corrected chi connectivity index (χ1v) is 2.10. The minimum Gasteiger partial charge on any atom is -0.156 e. The fourth-order valence-corrected chi connectivity index (χ4v) is 0.447. The van der Waals surface area contributed by atoms with Crippen molar-refractivity contribution < 1.29 is 0 Å². The third-order valence-electron chi connectivity index (χ3n) is 0.339. The molecule has 1 heterocycles. The van der Waals surface area contributed by atoms with Crippen LogP contribution in [0, 0.1) is 6.92 Å². The van der Waals surface area contributed by atoms with Gasteiger partial charge in [-0.15, -0.1) is 5.10 Å². The summed E-state index contributed by atoms with van der Waals surface area (Å²) >= 11 is 1.07. The van der Waals surface area contributed by atoms with Crippen LogP contribution in [0.25, 0.3) is 0 Å². The van der Waals surface area contributed by atoms with E-state index in [0.29, 0.717) is 5.82 Å². The third-order valence-corrected chi connectivity index (χ3v) is 0.786. The molecule has 1 aromatic heterocycles. The molecule has 0 N–H and O–H groups in total. The van der Waals surface area contributed by atoms with Gasteiger partial charge in [0.1, 0.15) is 0 Å². The van der Waals surface area contributed by atoms with Crippen LogP contribution in [-0.4, -0.2) is 14.0 Å². The molecule has 0 aromatic carbocycles. The van der Waals surface area contributed by atoms with E-state index in [1.165, 1.54) is 0 Å². The first-order chi connectivity index (χ1) is 2.89. The molecule has 1 radical (unpaired) electrons. The van der Waals surface area contributed by atoms with E-state index in [4.69, 9.17) is 0 Å². The molecule has 0 saturated heterocycles. The predicted octanol–water partition coefficient (Wildman–Crippen LogP) is 0.115. The van der Waals surface area contributed by atoms with Crippen LogP contribution < -0.4 is 0 Å². The monoisotopic (exact) mass is 100.0 g/mol. The molecule has 0 aliphatic heterocycles. The number of rotatable bonds is 0. The molecule has 0 saturated carbocycles. The molecule has 1 aromatic rings. The zero-order valence-electron chi connectivity index (χ0n) is 2.96. The van der Waals surface area contributed by atoms with E-state index in [0.717, 1.165) is 11.7 Å². The molecule has 0 aliphatic rings. The van der Waals surface area contributed by atoms with Gasteiger partial charge >= 0.3 is 0 Å². The SMILES string of the molecule is [CH2]c1nnsn1. The van der Waals surface area contributed by atoms with Crippen molar-refractivity contribution in [2.24, 2.45) is 0 Å². The highest BCUT2D eigenvalue weighted by Gasteiger charge is 1.80. The Bertz CT molecular complexity index is 112. The highest BCUT2D eigenvalue weighted by Crippen LogP contribution is 1.81. The lowest BCUT2D eigenvalue weighted by atomic mass is 10.8. The maximum absolute atomic E-state index is 3.62. The molecule has 31 valence electrons. The molecule has 4 heteroatoms. The quantitative estimate of drug-likeness (QED) is 0.464. The molecule has 3 nitrogen and oxygen atoms in total. The van der Waals surface area contributed by atoms with Gasteiger partial charge in [-0.2, -0.15) is 4.37 Å². The van der Waals surface area contributed by atoms with Crippen molar-refractivity contribution in [3.63, 3.8) is 0 Å². The Morgan fingerprint density at radius 2 is 2.50 bits per heavy atom. The summed E-state index contributed by atoms with van der Waals surface area (Å²) in [5.74, 6) is 0.500. The first-order valence-electron chi connectivity index (χ1n) is 1.37. The molecule has 0 amide bonds. The summed E-state index contributed by atoms with van der Waals surface area (Å²) in [5, 5.41) is 3.46. The lowest BCUT2D eigenvalue weighted by Crippen LogP contribution is -1.68. The number of hydrogen-bond acceptors (Lipinski definition) is 4. The van der Waals surface area contributed by atoms with E-state index in [9.17, 15) is 0 Å². The first kappa shape index (κ1) is 3.67. The Kier molecular flexibility index (Phi) is 0.795. The lowest BCUT2D eigenvalue weighted by Gasteiger charge is -1.59. The van der Waals surface area contributed by atoms with Gasteiger partial charge in [-0.25, -0.2) is 0 Å². The molecular formula is C2H2N3S. The summed E-state index contributed by atoms with van der Waals surface area (Å²) in [6, 6.07) is 0. The normalized spacial score (nSPS) is 8.83. The van der Waals surface area contributed by atoms with E-state index in [-0.39, 0.29) is 0 Å². The second kappa shape index (κ2) is 1.30. The summed E-state index contributed by atoms with van der Waals surface area (Å²) in [6.45, 7) is 3.41. The Morgan fingerprint density at radius 3 is 2.67 bits per heavy atom. The Morgan fingerprint density at radius 1 is 1.67 bits per heavy atom. The van der Waals surface area contributed by atoms with Crippen LogP contribution in [0.3, 0.4) is 0 Å². The Labute approximate surface area is 39.3 Å². The maximum atomic E-state index is 3.62. The summed E-state index contributed by atoms with van der Waals surface area (Å²) in [4.78, 5) is 0. The van der Waals surface area contributed by atoms with Crippen LogP contribution in [0.4, 0.5) is 0 Å². The third kappa shape index (κ3) is 0.514. The molecule has 6 heavy (non-hydrogen) atoms. The zero-order valence-corrected chi connectivity index (χ0v) is 3.77. The van der Waals surface area contributed by atoms with Gasteiger partial charge in [0.2, 0.25) is 0 Å². The lowest BCUT2D eigenvalue weighted by molar-refractivity contribution is 1.09. The van der Waals surface area contributed by atoms with Gasteiger partial charge < -0.3 is 0 Å². The van der Waals surface area contributed by atoms with Gasteiger partial charge in [-0.1, -0.05) is 4.49 Å². The van der Waals surface area contributed by atoms with Gasteiger partial charge in [0.25, 0.3) is 0 Å². The van der Waals surface area contributed by atoms with E-state index in [2.05, 4.69) is 20.9 Å². The average molecular weight is 100 g/mol. The maximum Gasteiger partial charge on any atom is 0.166 e. The fraction of sp³-hybridized carbons (Fsp3) is 0. The standard InChI is InChI=1S/C2H2N3S/c1-2-3-5-6-4-2/h1H2. The minimum absolute atomic E-state index is 0.500. The fourth-order valence-electron chi connectivity index (χ4n) is 0.149. The van der Waals surface area contributed by atoms with Crippen molar-refractivity contribution in [2.45, 2.75) is 0 Å². The van der Waals surface area contributed by atoms with Crippen LogP contribution in [0.15, 0.2) is 0 Å². The van der Waals surface area contributed by atoms with Gasteiger partial charge in [0.15, 0.2) is 5.82 Å². The van der Waals surface area contributed by atoms with Crippen LogP contribution in [0.5, 0.6) is 0 Å². The average Bonchev–Trinajstić information content (AvgIpc) is 1.86. The summed E-state index contributed by atoms with van der Waals surface area (Å²) in [5.41, 5.74) is 0. The Hall–Kier alpha value is -0.510. The van der Waals surface area contributed by atoms with E-state index in [1.807, 2.05) is 0 Å². The molecular weight excluding hydrogens is 98.1 g/mol. The van der Waals surface area contributed by atoms with Crippen molar-refractivity contribution in [3.8, 4) is 0 Å².